The molecule has 0 aromatic heterocycles. The van der Waals surface area contributed by atoms with E-state index in [9.17, 15) is 14.7 Å². The number of urea groups is 1. The zero-order chi connectivity index (χ0) is 28.3. The second-order valence-corrected chi connectivity index (χ2v) is 11.9. The molecule has 0 spiro atoms. The number of ketones is 1. The lowest BCUT2D eigenvalue weighted by molar-refractivity contribution is -0.127. The van der Waals surface area contributed by atoms with Crippen molar-refractivity contribution in [2.24, 2.45) is 11.1 Å². The minimum atomic E-state index is -1.78. The molecule has 10 heteroatoms. The highest BCUT2D eigenvalue weighted by atomic mass is 35.5. The van der Waals surface area contributed by atoms with Gasteiger partial charge in [0, 0.05) is 31.5 Å². The third-order valence-corrected chi connectivity index (χ3v) is 7.68. The number of hydrogen-bond acceptors (Lipinski definition) is 6. The Morgan fingerprint density at radius 1 is 1.05 bits per heavy atom. The molecule has 0 saturated heterocycles. The van der Waals surface area contributed by atoms with Gasteiger partial charge in [0.15, 0.2) is 11.3 Å². The third-order valence-electron chi connectivity index (χ3n) is 7.68. The molecule has 2 aliphatic carbocycles. The van der Waals surface area contributed by atoms with Gasteiger partial charge in [-0.2, -0.15) is 0 Å². The Morgan fingerprint density at radius 3 is 2.02 bits per heavy atom. The maximum atomic E-state index is 14.3. The summed E-state index contributed by atoms with van der Waals surface area (Å²) in [5.41, 5.74) is 6.19. The number of methoxy groups -OCH3 is 1. The van der Waals surface area contributed by atoms with Crippen molar-refractivity contribution in [3.05, 3.63) is 47.7 Å². The van der Waals surface area contributed by atoms with Crippen LogP contribution in [0.3, 0.4) is 0 Å². The molecule has 0 bridgehead atoms. The molecule has 3 atom stereocenters. The summed E-state index contributed by atoms with van der Waals surface area (Å²) in [4.78, 5) is 31.8. The number of aliphatic hydroxyl groups excluding tert-OH is 1. The zero-order valence-corrected chi connectivity index (χ0v) is 26.5. The number of anilines is 2. The summed E-state index contributed by atoms with van der Waals surface area (Å²) in [5.74, 6) is -0.0857. The Bertz CT molecular complexity index is 1060. The van der Waals surface area contributed by atoms with Crippen LogP contribution in [0.5, 0.6) is 0 Å². The summed E-state index contributed by atoms with van der Waals surface area (Å²) in [5, 5.41) is 14.7. The van der Waals surface area contributed by atoms with Crippen molar-refractivity contribution in [3.63, 3.8) is 0 Å². The van der Waals surface area contributed by atoms with Crippen LogP contribution in [0.2, 0.25) is 0 Å². The average Bonchev–Trinajstić information content (AvgIpc) is 3.13. The molecule has 0 aliphatic heterocycles. The van der Waals surface area contributed by atoms with Crippen molar-refractivity contribution >= 4 is 48.0 Å². The van der Waals surface area contributed by atoms with Crippen LogP contribution in [0.4, 0.5) is 16.2 Å². The maximum Gasteiger partial charge on any atom is 0.323 e. The monoisotopic (exact) mass is 598 g/mol. The van der Waals surface area contributed by atoms with Gasteiger partial charge in [-0.3, -0.25) is 9.69 Å². The first-order chi connectivity index (χ1) is 17.8. The van der Waals surface area contributed by atoms with E-state index in [-0.39, 0.29) is 30.9 Å². The van der Waals surface area contributed by atoms with Crippen LogP contribution in [0.1, 0.15) is 66.2 Å². The molecule has 1 fully saturated rings. The van der Waals surface area contributed by atoms with Crippen molar-refractivity contribution in [2.75, 3.05) is 31.0 Å². The topological polar surface area (TPSA) is 108 Å². The van der Waals surface area contributed by atoms with E-state index in [1.807, 2.05) is 64.0 Å². The Kier molecular flexibility index (Phi) is 13.0. The first kappa shape index (κ1) is 35.8. The van der Waals surface area contributed by atoms with E-state index in [1.54, 1.807) is 17.9 Å². The van der Waals surface area contributed by atoms with Crippen LogP contribution < -0.4 is 20.9 Å². The number of ether oxygens (including phenoxy) is 1. The van der Waals surface area contributed by atoms with E-state index in [0.29, 0.717) is 11.3 Å². The molecule has 1 saturated carbocycles. The van der Waals surface area contributed by atoms with E-state index < -0.39 is 34.9 Å². The van der Waals surface area contributed by atoms with Crippen LogP contribution >= 0.6 is 24.8 Å². The third kappa shape index (κ3) is 7.72. The summed E-state index contributed by atoms with van der Waals surface area (Å²) >= 11 is 0. The Hall–Kier alpha value is -2.26. The van der Waals surface area contributed by atoms with Gasteiger partial charge >= 0.3 is 6.03 Å². The van der Waals surface area contributed by atoms with Gasteiger partial charge in [-0.15, -0.1) is 24.8 Å². The van der Waals surface area contributed by atoms with Gasteiger partial charge in [-0.25, -0.2) is 4.79 Å². The van der Waals surface area contributed by atoms with Crippen molar-refractivity contribution < 1.29 is 19.4 Å². The van der Waals surface area contributed by atoms with Crippen molar-refractivity contribution in [2.45, 2.75) is 89.9 Å². The molecule has 3 rings (SSSR count). The average molecular weight is 600 g/mol. The van der Waals surface area contributed by atoms with Gasteiger partial charge in [0.1, 0.15) is 11.9 Å². The van der Waals surface area contributed by atoms with E-state index in [1.165, 1.54) is 13.2 Å². The normalized spacial score (nSPS) is 22.3. The predicted octanol–water partition coefficient (Wildman–Crippen LogP) is 5.37. The number of amides is 2. The fraction of sp³-hybridized carbons (Fsp3) is 0.600. The van der Waals surface area contributed by atoms with Crippen molar-refractivity contribution in [1.29, 1.82) is 0 Å². The number of aliphatic hydroxyl groups is 1. The fourth-order valence-corrected chi connectivity index (χ4v) is 5.47. The minimum Gasteiger partial charge on any atom is -0.497 e. The Balaban J connectivity index is 0.00000400. The predicted molar refractivity (Wildman–Crippen MR) is 168 cm³/mol. The van der Waals surface area contributed by atoms with Gasteiger partial charge in [0.2, 0.25) is 0 Å². The first-order valence-corrected chi connectivity index (χ1v) is 13.7. The van der Waals surface area contributed by atoms with Gasteiger partial charge in [-0.1, -0.05) is 46.5 Å². The number of benzene rings is 1. The van der Waals surface area contributed by atoms with Crippen LogP contribution in [0.25, 0.3) is 0 Å². The highest BCUT2D eigenvalue weighted by Crippen LogP contribution is 2.39. The fourth-order valence-electron chi connectivity index (χ4n) is 5.47. The molecule has 0 heterocycles. The molecule has 0 radical (unpaired) electrons. The van der Waals surface area contributed by atoms with Crippen molar-refractivity contribution in [3.8, 4) is 0 Å². The number of allylic oxidation sites excluding steroid dienone is 1. The SMILES string of the molecule is COC1=CC(NC(=O)N(c2ccc(N(C)C)cc2)C2CCCCCC2)(C(=O)[C@H](C)N)C(O)C(C(C)(C)C)=C1.Cl.Cl. The molecule has 2 unspecified atom stereocenters. The molecule has 40 heavy (non-hydrogen) atoms. The van der Waals surface area contributed by atoms with Gasteiger partial charge in [0.25, 0.3) is 0 Å². The summed E-state index contributed by atoms with van der Waals surface area (Å²) < 4.78 is 5.56. The second kappa shape index (κ2) is 14.6. The zero-order valence-electron chi connectivity index (χ0n) is 24.9. The lowest BCUT2D eigenvalue weighted by atomic mass is 9.70. The number of nitrogens with two attached hydrogens (primary N) is 1. The lowest BCUT2D eigenvalue weighted by Gasteiger charge is -2.44. The van der Waals surface area contributed by atoms with Crippen LogP contribution in [-0.4, -0.2) is 61.9 Å². The molecular formula is C30H48Cl2N4O4. The van der Waals surface area contributed by atoms with Crippen LogP contribution in [0.15, 0.2) is 47.7 Å². The summed E-state index contributed by atoms with van der Waals surface area (Å²) in [6.45, 7) is 7.43. The quantitative estimate of drug-likeness (QED) is 0.364. The molecule has 4 N–H and O–H groups in total. The summed E-state index contributed by atoms with van der Waals surface area (Å²) in [6, 6.07) is 6.44. The molecule has 8 nitrogen and oxygen atoms in total. The van der Waals surface area contributed by atoms with E-state index in [2.05, 4.69) is 5.32 Å². The number of hydrogen-bond donors (Lipinski definition) is 3. The van der Waals surface area contributed by atoms with Gasteiger partial charge in [0.05, 0.1) is 13.2 Å². The highest BCUT2D eigenvalue weighted by Gasteiger charge is 2.52. The Morgan fingerprint density at radius 2 is 1.57 bits per heavy atom. The highest BCUT2D eigenvalue weighted by molar-refractivity contribution is 6.02. The molecule has 1 aromatic rings. The summed E-state index contributed by atoms with van der Waals surface area (Å²) in [6.07, 6.45) is 8.01. The number of carbonyl (C=O) groups excluding carboxylic acids is 2. The number of carbonyl (C=O) groups is 2. The molecule has 1 aromatic carbocycles. The number of nitrogens with zero attached hydrogens (tertiary/aromatic N) is 2. The largest absolute Gasteiger partial charge is 0.497 e. The second-order valence-electron chi connectivity index (χ2n) is 11.9. The van der Waals surface area contributed by atoms with Crippen molar-refractivity contribution in [1.82, 2.24) is 5.32 Å². The summed E-state index contributed by atoms with van der Waals surface area (Å²) in [7, 11) is 5.45. The van der Waals surface area contributed by atoms with E-state index in [4.69, 9.17) is 10.5 Å². The minimum absolute atomic E-state index is 0. The van der Waals surface area contributed by atoms with Gasteiger partial charge < -0.3 is 25.8 Å². The number of rotatable bonds is 7. The molecule has 2 aliphatic rings. The van der Waals surface area contributed by atoms with E-state index >= 15 is 0 Å². The number of Topliss-reactive ketones (excluding diaryl/α,β-unsaturated/α-hetero) is 1. The van der Waals surface area contributed by atoms with Crippen LogP contribution in [-0.2, 0) is 9.53 Å². The number of halogens is 2. The van der Waals surface area contributed by atoms with E-state index in [0.717, 1.165) is 49.9 Å². The molecule has 2 amide bonds. The smallest absolute Gasteiger partial charge is 0.323 e. The first-order valence-electron chi connectivity index (χ1n) is 13.7. The lowest BCUT2D eigenvalue weighted by Crippen LogP contribution is -2.68. The Labute approximate surface area is 252 Å². The molecule has 226 valence electrons. The maximum absolute atomic E-state index is 14.3. The number of nitrogens with one attached hydrogen (secondary N) is 1. The molecular weight excluding hydrogens is 551 g/mol. The standard InChI is InChI=1S/C30H46N4O4.2ClH/c1-20(31)26(35)30(19-24(38-7)18-25(27(30)36)29(2,3)4)32-28(37)34(22-12-10-8-9-11-13-22)23-16-14-21(15-17-23)33(5)6;;/h14-20,22,27,36H,8-13,31H2,1-7H3,(H,32,37);2*1H/t20-,27?,30?;;/m0../s1. The van der Waals surface area contributed by atoms with Gasteiger partial charge in [-0.05, 0) is 67.2 Å². The van der Waals surface area contributed by atoms with Crippen LogP contribution in [0, 0.1) is 5.41 Å².